The van der Waals surface area contributed by atoms with Gasteiger partial charge in [0.15, 0.2) is 0 Å². The number of halogens is 1. The SMILES string of the molecule is CCCCSc1ccc(-c2ccc(-c3cc(C)c(C#Cc4ccc5cc(OCC)ccc5c4)cc3F)cc2)cc1. The molecular formula is C37H33FOS. The molecule has 0 saturated carbocycles. The van der Waals surface area contributed by atoms with Gasteiger partial charge in [0.2, 0.25) is 0 Å². The van der Waals surface area contributed by atoms with Gasteiger partial charge in [0, 0.05) is 21.6 Å². The Kier molecular flexibility index (Phi) is 8.89. The smallest absolute Gasteiger partial charge is 0.132 e. The lowest BCUT2D eigenvalue weighted by Gasteiger charge is -2.09. The van der Waals surface area contributed by atoms with E-state index in [4.69, 9.17) is 4.74 Å². The summed E-state index contributed by atoms with van der Waals surface area (Å²) in [5, 5.41) is 2.20. The molecule has 0 fully saturated rings. The van der Waals surface area contributed by atoms with Crippen LogP contribution in [0.1, 0.15) is 43.4 Å². The van der Waals surface area contributed by atoms with Crippen LogP contribution in [0.15, 0.2) is 102 Å². The van der Waals surface area contributed by atoms with E-state index in [0.717, 1.165) is 50.1 Å². The summed E-state index contributed by atoms with van der Waals surface area (Å²) >= 11 is 1.90. The Morgan fingerprint density at radius 1 is 0.725 bits per heavy atom. The molecule has 0 aliphatic carbocycles. The number of aryl methyl sites for hydroxylation is 1. The molecule has 0 aromatic heterocycles. The molecule has 3 heteroatoms. The molecule has 0 saturated heterocycles. The van der Waals surface area contributed by atoms with Crippen LogP contribution < -0.4 is 4.74 Å². The van der Waals surface area contributed by atoms with Crippen molar-refractivity contribution in [2.45, 2.75) is 38.5 Å². The molecule has 5 aromatic rings. The number of benzene rings is 5. The summed E-state index contributed by atoms with van der Waals surface area (Å²) in [6.07, 6.45) is 2.45. The summed E-state index contributed by atoms with van der Waals surface area (Å²) in [6.45, 7) is 6.82. The van der Waals surface area contributed by atoms with Gasteiger partial charge in [-0.05, 0) is 108 Å². The van der Waals surface area contributed by atoms with Gasteiger partial charge in [0.25, 0.3) is 0 Å². The molecule has 0 radical (unpaired) electrons. The van der Waals surface area contributed by atoms with E-state index in [-0.39, 0.29) is 5.82 Å². The summed E-state index contributed by atoms with van der Waals surface area (Å²) in [4.78, 5) is 1.30. The number of hydrogen-bond donors (Lipinski definition) is 0. The van der Waals surface area contributed by atoms with Crippen molar-refractivity contribution >= 4 is 22.5 Å². The van der Waals surface area contributed by atoms with Gasteiger partial charge in [-0.15, -0.1) is 11.8 Å². The van der Waals surface area contributed by atoms with Crippen molar-refractivity contribution in [3.8, 4) is 39.8 Å². The molecule has 0 N–H and O–H groups in total. The second-order valence-electron chi connectivity index (χ2n) is 9.86. The van der Waals surface area contributed by atoms with Crippen LogP contribution in [0.25, 0.3) is 33.0 Å². The van der Waals surface area contributed by atoms with Crippen molar-refractivity contribution in [3.05, 3.63) is 120 Å². The van der Waals surface area contributed by atoms with Gasteiger partial charge < -0.3 is 4.74 Å². The summed E-state index contributed by atoms with van der Waals surface area (Å²) in [5.74, 6) is 8.14. The maximum absolute atomic E-state index is 15.3. The minimum Gasteiger partial charge on any atom is -0.494 e. The normalized spacial score (nSPS) is 10.8. The summed E-state index contributed by atoms with van der Waals surface area (Å²) in [6, 6.07) is 32.4. The first-order chi connectivity index (χ1) is 19.5. The highest BCUT2D eigenvalue weighted by atomic mass is 32.2. The van der Waals surface area contributed by atoms with Gasteiger partial charge in [-0.1, -0.05) is 73.7 Å². The Morgan fingerprint density at radius 3 is 2.12 bits per heavy atom. The first-order valence-corrected chi connectivity index (χ1v) is 14.8. The third kappa shape index (κ3) is 6.58. The standard InChI is InChI=1S/C37H33FOS/c1-4-6-21-40-35-19-16-29(17-20-35)28-11-13-30(14-12-28)36-22-26(3)31(25-37(36)38)9-7-27-8-10-33-24-34(39-5-2)18-15-32(33)23-27/h8,10-20,22-25H,4-6,21H2,1-3H3. The van der Waals surface area contributed by atoms with Crippen molar-refractivity contribution in [1.29, 1.82) is 0 Å². The summed E-state index contributed by atoms with van der Waals surface area (Å²) < 4.78 is 20.9. The zero-order valence-electron chi connectivity index (χ0n) is 23.3. The van der Waals surface area contributed by atoms with Gasteiger partial charge in [-0.3, -0.25) is 0 Å². The largest absolute Gasteiger partial charge is 0.494 e. The zero-order valence-corrected chi connectivity index (χ0v) is 24.1. The van der Waals surface area contributed by atoms with Crippen LogP contribution in [0.4, 0.5) is 4.39 Å². The fourth-order valence-electron chi connectivity index (χ4n) is 4.66. The molecule has 0 atom stereocenters. The van der Waals surface area contributed by atoms with Gasteiger partial charge in [0.05, 0.1) is 6.61 Å². The molecule has 0 aliphatic rings. The second-order valence-corrected chi connectivity index (χ2v) is 11.0. The topological polar surface area (TPSA) is 9.23 Å². The van der Waals surface area contributed by atoms with Crippen LogP contribution >= 0.6 is 11.8 Å². The lowest BCUT2D eigenvalue weighted by molar-refractivity contribution is 0.341. The van der Waals surface area contributed by atoms with Gasteiger partial charge in [-0.2, -0.15) is 0 Å². The predicted octanol–water partition coefficient (Wildman–Crippen LogP) is 10.3. The van der Waals surface area contributed by atoms with Crippen LogP contribution in [0.2, 0.25) is 0 Å². The lowest BCUT2D eigenvalue weighted by atomic mass is 9.97. The molecule has 0 heterocycles. The Hall–Kier alpha value is -4.00. The number of ether oxygens (including phenoxy) is 1. The van der Waals surface area contributed by atoms with E-state index in [1.807, 2.05) is 74.1 Å². The van der Waals surface area contributed by atoms with E-state index in [1.54, 1.807) is 6.07 Å². The van der Waals surface area contributed by atoms with E-state index in [9.17, 15) is 0 Å². The molecular weight excluding hydrogens is 511 g/mol. The maximum atomic E-state index is 15.3. The highest BCUT2D eigenvalue weighted by molar-refractivity contribution is 7.99. The van der Waals surface area contributed by atoms with E-state index in [1.165, 1.54) is 17.7 Å². The second kappa shape index (κ2) is 12.9. The number of rotatable bonds is 8. The highest BCUT2D eigenvalue weighted by Crippen LogP contribution is 2.30. The van der Waals surface area contributed by atoms with Gasteiger partial charge in [-0.25, -0.2) is 4.39 Å². The molecule has 5 aromatic carbocycles. The average molecular weight is 545 g/mol. The maximum Gasteiger partial charge on any atom is 0.132 e. The van der Waals surface area contributed by atoms with Gasteiger partial charge >= 0.3 is 0 Å². The molecule has 0 aliphatic heterocycles. The van der Waals surface area contributed by atoms with Crippen molar-refractivity contribution in [1.82, 2.24) is 0 Å². The average Bonchev–Trinajstić information content (AvgIpc) is 2.98. The van der Waals surface area contributed by atoms with Gasteiger partial charge in [0.1, 0.15) is 11.6 Å². The first kappa shape index (κ1) is 27.6. The molecule has 0 spiro atoms. The van der Waals surface area contributed by atoms with Crippen LogP contribution in [-0.4, -0.2) is 12.4 Å². The van der Waals surface area contributed by atoms with Crippen LogP contribution in [0.5, 0.6) is 5.75 Å². The van der Waals surface area contributed by atoms with Crippen molar-refractivity contribution in [2.24, 2.45) is 0 Å². The third-order valence-electron chi connectivity index (χ3n) is 6.93. The predicted molar refractivity (Wildman–Crippen MR) is 169 cm³/mol. The molecule has 40 heavy (non-hydrogen) atoms. The number of hydrogen-bond acceptors (Lipinski definition) is 2. The Bertz CT molecular complexity index is 1670. The Labute approximate surface area is 241 Å². The Balaban J connectivity index is 1.32. The fraction of sp³-hybridized carbons (Fsp3) is 0.189. The van der Waals surface area contributed by atoms with Crippen molar-refractivity contribution < 1.29 is 9.13 Å². The quantitative estimate of drug-likeness (QED) is 0.109. The van der Waals surface area contributed by atoms with Crippen LogP contribution in [-0.2, 0) is 0 Å². The van der Waals surface area contributed by atoms with E-state index < -0.39 is 0 Å². The first-order valence-electron chi connectivity index (χ1n) is 13.9. The monoisotopic (exact) mass is 544 g/mol. The van der Waals surface area contributed by atoms with Crippen LogP contribution in [0.3, 0.4) is 0 Å². The van der Waals surface area contributed by atoms with E-state index >= 15 is 4.39 Å². The molecule has 5 rings (SSSR count). The minimum atomic E-state index is -0.266. The number of unbranched alkanes of at least 4 members (excludes halogenated alkanes) is 1. The third-order valence-corrected chi connectivity index (χ3v) is 8.03. The number of thioether (sulfide) groups is 1. The Morgan fingerprint density at radius 2 is 1.40 bits per heavy atom. The number of fused-ring (bicyclic) bond motifs is 1. The van der Waals surface area contributed by atoms with Crippen molar-refractivity contribution in [2.75, 3.05) is 12.4 Å². The van der Waals surface area contributed by atoms with Crippen molar-refractivity contribution in [3.63, 3.8) is 0 Å². The lowest BCUT2D eigenvalue weighted by Crippen LogP contribution is -1.91. The molecule has 1 nitrogen and oxygen atoms in total. The zero-order chi connectivity index (χ0) is 27.9. The van der Waals surface area contributed by atoms with E-state index in [2.05, 4.69) is 61.2 Å². The summed E-state index contributed by atoms with van der Waals surface area (Å²) in [5.41, 5.74) is 6.27. The minimum absolute atomic E-state index is 0.266. The molecule has 200 valence electrons. The van der Waals surface area contributed by atoms with E-state index in [0.29, 0.717) is 17.7 Å². The molecule has 0 bridgehead atoms. The highest BCUT2D eigenvalue weighted by Gasteiger charge is 2.09. The molecule has 0 amide bonds. The molecule has 0 unspecified atom stereocenters. The van der Waals surface area contributed by atoms with Crippen LogP contribution in [0, 0.1) is 24.6 Å². The fourth-order valence-corrected chi connectivity index (χ4v) is 5.65. The summed E-state index contributed by atoms with van der Waals surface area (Å²) in [7, 11) is 0.